The van der Waals surface area contributed by atoms with Crippen LogP contribution in [0.25, 0.3) is 0 Å². The number of ether oxygens (including phenoxy) is 1. The van der Waals surface area contributed by atoms with Crippen molar-refractivity contribution < 1.29 is 4.74 Å². The van der Waals surface area contributed by atoms with Gasteiger partial charge in [0, 0.05) is 11.4 Å². The second-order valence-corrected chi connectivity index (χ2v) is 5.06. The first kappa shape index (κ1) is 14.0. The maximum absolute atomic E-state index is 8.98. The third-order valence-electron chi connectivity index (χ3n) is 3.43. The van der Waals surface area contributed by atoms with E-state index in [4.69, 9.17) is 15.7 Å². The first-order chi connectivity index (χ1) is 10.7. The van der Waals surface area contributed by atoms with Gasteiger partial charge in [-0.15, -0.1) is 0 Å². The smallest absolute Gasteiger partial charge is 0.156 e. The highest BCUT2D eigenvalue weighted by molar-refractivity contribution is 6.02. The Morgan fingerprint density at radius 3 is 2.95 bits per heavy atom. The van der Waals surface area contributed by atoms with E-state index in [0.717, 1.165) is 23.7 Å². The number of hydrogen-bond acceptors (Lipinski definition) is 5. The number of benzene rings is 2. The summed E-state index contributed by atoms with van der Waals surface area (Å²) in [6.07, 6.45) is 0.634. The van der Waals surface area contributed by atoms with Crippen LogP contribution in [0.3, 0.4) is 0 Å². The van der Waals surface area contributed by atoms with Crippen molar-refractivity contribution in [3.63, 3.8) is 0 Å². The van der Waals surface area contributed by atoms with Gasteiger partial charge in [0.25, 0.3) is 0 Å². The summed E-state index contributed by atoms with van der Waals surface area (Å²) in [4.78, 5) is 4.63. The highest BCUT2D eigenvalue weighted by Gasteiger charge is 2.23. The molecule has 0 saturated heterocycles. The molecule has 0 saturated carbocycles. The van der Waals surface area contributed by atoms with Crippen LogP contribution in [0.5, 0.6) is 5.75 Å². The summed E-state index contributed by atoms with van der Waals surface area (Å²) in [7, 11) is 0. The van der Waals surface area contributed by atoms with Crippen LogP contribution in [0.4, 0.5) is 17.1 Å². The summed E-state index contributed by atoms with van der Waals surface area (Å²) in [6.45, 7) is 2.04. The molecule has 0 radical (unpaired) electrons. The average molecular weight is 292 g/mol. The SMILES string of the molecule is CCC1Oc2ccc(N)cc2N=C1Nc1cccc(C#N)c1. The minimum Gasteiger partial charge on any atom is -0.480 e. The fourth-order valence-corrected chi connectivity index (χ4v) is 2.33. The Kier molecular flexibility index (Phi) is 3.67. The van der Waals surface area contributed by atoms with Crippen LogP contribution in [-0.2, 0) is 0 Å². The normalized spacial score (nSPS) is 16.0. The fraction of sp³-hybridized carbons (Fsp3) is 0.176. The number of hydrogen-bond donors (Lipinski definition) is 2. The Morgan fingerprint density at radius 1 is 1.32 bits per heavy atom. The Bertz CT molecular complexity index is 776. The van der Waals surface area contributed by atoms with Gasteiger partial charge in [-0.3, -0.25) is 0 Å². The number of nitrogens with two attached hydrogens (primary N) is 1. The molecule has 0 amide bonds. The van der Waals surface area contributed by atoms with Crippen LogP contribution in [0, 0.1) is 11.3 Å². The zero-order chi connectivity index (χ0) is 15.5. The minimum absolute atomic E-state index is 0.151. The summed E-state index contributed by atoms with van der Waals surface area (Å²) in [5, 5.41) is 12.2. The van der Waals surface area contributed by atoms with E-state index in [9.17, 15) is 0 Å². The minimum atomic E-state index is -0.151. The lowest BCUT2D eigenvalue weighted by Crippen LogP contribution is -2.34. The molecular formula is C17H16N4O. The molecule has 1 aliphatic rings. The molecule has 0 spiro atoms. The number of nitriles is 1. The van der Waals surface area contributed by atoms with Gasteiger partial charge >= 0.3 is 0 Å². The van der Waals surface area contributed by atoms with Gasteiger partial charge in [-0.05, 0) is 42.8 Å². The predicted molar refractivity (Wildman–Crippen MR) is 87.4 cm³/mol. The molecule has 2 aromatic rings. The topological polar surface area (TPSA) is 83.4 Å². The molecule has 5 nitrogen and oxygen atoms in total. The quantitative estimate of drug-likeness (QED) is 0.830. The van der Waals surface area contributed by atoms with Gasteiger partial charge in [-0.1, -0.05) is 13.0 Å². The Hall–Kier alpha value is -3.00. The molecule has 0 aliphatic carbocycles. The van der Waals surface area contributed by atoms with Gasteiger partial charge in [0.15, 0.2) is 6.10 Å². The number of nitrogens with zero attached hydrogens (tertiary/aromatic N) is 2. The molecule has 22 heavy (non-hydrogen) atoms. The van der Waals surface area contributed by atoms with E-state index in [1.807, 2.05) is 25.1 Å². The van der Waals surface area contributed by atoms with E-state index in [1.54, 1.807) is 24.3 Å². The number of anilines is 2. The van der Waals surface area contributed by atoms with Gasteiger partial charge in [-0.25, -0.2) is 4.99 Å². The molecule has 0 fully saturated rings. The first-order valence-corrected chi connectivity index (χ1v) is 7.11. The van der Waals surface area contributed by atoms with Gasteiger partial charge in [0.1, 0.15) is 17.3 Å². The monoisotopic (exact) mass is 292 g/mol. The van der Waals surface area contributed by atoms with E-state index in [0.29, 0.717) is 16.9 Å². The summed E-state index contributed by atoms with van der Waals surface area (Å²) < 4.78 is 5.96. The lowest BCUT2D eigenvalue weighted by molar-refractivity contribution is 0.259. The molecule has 1 unspecified atom stereocenters. The second-order valence-electron chi connectivity index (χ2n) is 5.06. The third kappa shape index (κ3) is 2.72. The number of nitrogens with one attached hydrogen (secondary N) is 1. The number of nitrogen functional groups attached to an aromatic ring is 1. The van der Waals surface area contributed by atoms with E-state index >= 15 is 0 Å². The summed E-state index contributed by atoms with van der Waals surface area (Å²) >= 11 is 0. The van der Waals surface area contributed by atoms with E-state index in [1.165, 1.54) is 0 Å². The standard InChI is InChI=1S/C17H16N4O/c1-2-15-17(20-13-5-3-4-11(8-13)10-18)21-14-9-12(19)6-7-16(14)22-15/h3-9,15H,2,19H2,1H3,(H,20,21). The molecule has 0 aromatic heterocycles. The molecule has 1 heterocycles. The second kappa shape index (κ2) is 5.78. The van der Waals surface area contributed by atoms with E-state index in [2.05, 4.69) is 16.4 Å². The van der Waals surface area contributed by atoms with Crippen LogP contribution in [0.2, 0.25) is 0 Å². The molecule has 1 aliphatic heterocycles. The van der Waals surface area contributed by atoms with Crippen molar-refractivity contribution in [2.24, 2.45) is 4.99 Å². The van der Waals surface area contributed by atoms with Crippen molar-refractivity contribution in [2.45, 2.75) is 19.4 Å². The van der Waals surface area contributed by atoms with Gasteiger partial charge in [0.2, 0.25) is 0 Å². The maximum Gasteiger partial charge on any atom is 0.156 e. The van der Waals surface area contributed by atoms with Gasteiger partial charge < -0.3 is 15.8 Å². The van der Waals surface area contributed by atoms with Crippen LogP contribution in [0.1, 0.15) is 18.9 Å². The zero-order valence-electron chi connectivity index (χ0n) is 12.2. The first-order valence-electron chi connectivity index (χ1n) is 7.11. The summed E-state index contributed by atoms with van der Waals surface area (Å²) in [5.41, 5.74) is 8.57. The van der Waals surface area contributed by atoms with Crippen LogP contribution in [0.15, 0.2) is 47.5 Å². The lowest BCUT2D eigenvalue weighted by Gasteiger charge is -2.26. The molecule has 3 rings (SSSR count). The van der Waals surface area contributed by atoms with Crippen molar-refractivity contribution in [3.05, 3.63) is 48.0 Å². The van der Waals surface area contributed by atoms with Crippen molar-refractivity contribution in [1.29, 1.82) is 5.26 Å². The van der Waals surface area contributed by atoms with Crippen molar-refractivity contribution in [2.75, 3.05) is 11.1 Å². The molecule has 2 aromatic carbocycles. The van der Waals surface area contributed by atoms with Crippen LogP contribution in [-0.4, -0.2) is 11.9 Å². The maximum atomic E-state index is 8.98. The Labute approximate surface area is 129 Å². The summed E-state index contributed by atoms with van der Waals surface area (Å²) in [6, 6.07) is 14.8. The lowest BCUT2D eigenvalue weighted by atomic mass is 10.1. The van der Waals surface area contributed by atoms with Crippen molar-refractivity contribution >= 4 is 22.9 Å². The number of fused-ring (bicyclic) bond motifs is 1. The van der Waals surface area contributed by atoms with E-state index in [-0.39, 0.29) is 6.10 Å². The summed E-state index contributed by atoms with van der Waals surface area (Å²) in [5.74, 6) is 1.45. The molecule has 5 heteroatoms. The number of amidine groups is 1. The highest BCUT2D eigenvalue weighted by atomic mass is 16.5. The van der Waals surface area contributed by atoms with Crippen molar-refractivity contribution in [1.82, 2.24) is 0 Å². The van der Waals surface area contributed by atoms with Crippen LogP contribution < -0.4 is 15.8 Å². The molecule has 110 valence electrons. The Morgan fingerprint density at radius 2 is 2.18 bits per heavy atom. The average Bonchev–Trinajstić information content (AvgIpc) is 2.54. The van der Waals surface area contributed by atoms with Crippen molar-refractivity contribution in [3.8, 4) is 11.8 Å². The number of rotatable bonds is 2. The number of aliphatic imine (C=N–C) groups is 1. The highest BCUT2D eigenvalue weighted by Crippen LogP contribution is 2.35. The molecule has 1 atom stereocenters. The van der Waals surface area contributed by atoms with Crippen LogP contribution >= 0.6 is 0 Å². The molecular weight excluding hydrogens is 276 g/mol. The fourth-order valence-electron chi connectivity index (χ4n) is 2.33. The largest absolute Gasteiger partial charge is 0.480 e. The molecule has 0 bridgehead atoms. The molecule has 3 N–H and O–H groups in total. The predicted octanol–water partition coefficient (Wildman–Crippen LogP) is 3.45. The zero-order valence-corrected chi connectivity index (χ0v) is 12.2. The van der Waals surface area contributed by atoms with E-state index < -0.39 is 0 Å². The third-order valence-corrected chi connectivity index (χ3v) is 3.43. The Balaban J connectivity index is 1.95. The van der Waals surface area contributed by atoms with Gasteiger partial charge in [0.05, 0.1) is 11.6 Å². The van der Waals surface area contributed by atoms with Gasteiger partial charge in [-0.2, -0.15) is 5.26 Å².